The van der Waals surface area contributed by atoms with Gasteiger partial charge in [-0.3, -0.25) is 4.98 Å². The topological polar surface area (TPSA) is 49.3 Å². The molecule has 0 amide bonds. The van der Waals surface area contributed by atoms with Crippen molar-refractivity contribution in [1.29, 1.82) is 0 Å². The first-order valence-corrected chi connectivity index (χ1v) is 8.67. The number of aromatic nitrogens is 1. The van der Waals surface area contributed by atoms with Gasteiger partial charge in [-0.1, -0.05) is 6.07 Å². The summed E-state index contributed by atoms with van der Waals surface area (Å²) in [6.07, 6.45) is 4.51. The lowest BCUT2D eigenvalue weighted by atomic mass is 10.1. The van der Waals surface area contributed by atoms with Crippen molar-refractivity contribution < 1.29 is 0 Å². The molecule has 1 saturated heterocycles. The van der Waals surface area contributed by atoms with Crippen LogP contribution < -0.4 is 10.6 Å². The summed E-state index contributed by atoms with van der Waals surface area (Å²) in [5.41, 5.74) is 2.18. The second-order valence-corrected chi connectivity index (χ2v) is 7.44. The molecule has 1 aliphatic heterocycles. The van der Waals surface area contributed by atoms with Gasteiger partial charge in [0.15, 0.2) is 5.96 Å². The summed E-state index contributed by atoms with van der Waals surface area (Å²) in [6, 6.07) is 4.12. The number of halogens is 1. The molecule has 0 spiro atoms. The maximum absolute atomic E-state index is 4.65. The molecular formula is C16H27IN4S. The minimum atomic E-state index is 0. The fourth-order valence-corrected chi connectivity index (χ4v) is 3.60. The van der Waals surface area contributed by atoms with Crippen molar-refractivity contribution >= 4 is 41.7 Å². The van der Waals surface area contributed by atoms with Gasteiger partial charge < -0.3 is 10.6 Å². The Kier molecular flexibility index (Phi) is 8.53. The molecule has 0 bridgehead atoms. The second kappa shape index (κ2) is 9.60. The first-order valence-electron chi connectivity index (χ1n) is 7.69. The fourth-order valence-electron chi connectivity index (χ4n) is 2.35. The lowest BCUT2D eigenvalue weighted by molar-refractivity contribution is 0.584. The van der Waals surface area contributed by atoms with Gasteiger partial charge in [-0.15, -0.1) is 24.0 Å². The number of pyridine rings is 1. The van der Waals surface area contributed by atoms with Crippen molar-refractivity contribution in [3.05, 3.63) is 29.6 Å². The van der Waals surface area contributed by atoms with Crippen molar-refractivity contribution in [3.63, 3.8) is 0 Å². The first kappa shape index (κ1) is 19.5. The number of thioether (sulfide) groups is 1. The summed E-state index contributed by atoms with van der Waals surface area (Å²) < 4.78 is 0.349. The van der Waals surface area contributed by atoms with Gasteiger partial charge in [0.1, 0.15) is 0 Å². The molecule has 124 valence electrons. The maximum Gasteiger partial charge on any atom is 0.191 e. The van der Waals surface area contributed by atoms with E-state index in [1.54, 1.807) is 0 Å². The van der Waals surface area contributed by atoms with E-state index in [1.165, 1.54) is 18.6 Å². The zero-order valence-corrected chi connectivity index (χ0v) is 16.8. The molecule has 1 aliphatic rings. The van der Waals surface area contributed by atoms with Crippen LogP contribution in [0.25, 0.3) is 0 Å². The van der Waals surface area contributed by atoms with E-state index < -0.39 is 0 Å². The molecule has 1 fully saturated rings. The SMILES string of the molecule is CCNC(=NCc1ccc(C)nc1)NCC1(C)CCCS1.I. The average Bonchev–Trinajstić information content (AvgIpc) is 2.91. The quantitative estimate of drug-likeness (QED) is 0.424. The van der Waals surface area contributed by atoms with Crippen molar-refractivity contribution in [2.45, 2.75) is 44.9 Å². The van der Waals surface area contributed by atoms with Gasteiger partial charge in [0.05, 0.1) is 6.54 Å². The van der Waals surface area contributed by atoms with Crippen LogP contribution in [0.3, 0.4) is 0 Å². The highest BCUT2D eigenvalue weighted by Gasteiger charge is 2.29. The predicted octanol–water partition coefficient (Wildman–Crippen LogP) is 3.35. The van der Waals surface area contributed by atoms with Gasteiger partial charge in [-0.05, 0) is 51.0 Å². The molecule has 1 aromatic rings. The predicted molar refractivity (Wildman–Crippen MR) is 107 cm³/mol. The minimum absolute atomic E-state index is 0. The summed E-state index contributed by atoms with van der Waals surface area (Å²) in [4.78, 5) is 8.96. The Hall–Kier alpha value is -0.500. The Labute approximate surface area is 155 Å². The number of nitrogens with zero attached hydrogens (tertiary/aromatic N) is 2. The van der Waals surface area contributed by atoms with Crippen LogP contribution in [0, 0.1) is 6.92 Å². The van der Waals surface area contributed by atoms with Gasteiger partial charge in [0.2, 0.25) is 0 Å². The Bertz CT molecular complexity index is 470. The highest BCUT2D eigenvalue weighted by molar-refractivity contribution is 14.0. The lowest BCUT2D eigenvalue weighted by Gasteiger charge is -2.24. The molecule has 0 radical (unpaired) electrons. The molecule has 2 N–H and O–H groups in total. The van der Waals surface area contributed by atoms with E-state index in [0.29, 0.717) is 11.3 Å². The number of guanidine groups is 1. The van der Waals surface area contributed by atoms with Crippen LogP contribution in [0.5, 0.6) is 0 Å². The monoisotopic (exact) mass is 434 g/mol. The Morgan fingerprint density at radius 3 is 2.82 bits per heavy atom. The normalized spacial score (nSPS) is 21.3. The number of nitrogens with one attached hydrogen (secondary N) is 2. The van der Waals surface area contributed by atoms with E-state index in [2.05, 4.69) is 52.3 Å². The Morgan fingerprint density at radius 2 is 2.23 bits per heavy atom. The van der Waals surface area contributed by atoms with Crippen molar-refractivity contribution in [1.82, 2.24) is 15.6 Å². The zero-order valence-electron chi connectivity index (χ0n) is 13.7. The van der Waals surface area contributed by atoms with Crippen molar-refractivity contribution in [3.8, 4) is 0 Å². The second-order valence-electron chi connectivity index (χ2n) is 5.76. The summed E-state index contributed by atoms with van der Waals surface area (Å²) in [5.74, 6) is 2.17. The molecule has 6 heteroatoms. The van der Waals surface area contributed by atoms with E-state index in [4.69, 9.17) is 0 Å². The molecular weight excluding hydrogens is 407 g/mol. The molecule has 1 atom stereocenters. The third-order valence-corrected chi connectivity index (χ3v) is 5.21. The molecule has 0 saturated carbocycles. The highest BCUT2D eigenvalue weighted by Crippen LogP contribution is 2.36. The van der Waals surface area contributed by atoms with Crippen molar-refractivity contribution in [2.24, 2.45) is 4.99 Å². The summed E-state index contributed by atoms with van der Waals surface area (Å²) in [6.45, 7) is 8.93. The van der Waals surface area contributed by atoms with Crippen LogP contribution in [0.4, 0.5) is 0 Å². The fraction of sp³-hybridized carbons (Fsp3) is 0.625. The van der Waals surface area contributed by atoms with Gasteiger partial charge in [0, 0.05) is 29.7 Å². The molecule has 0 aliphatic carbocycles. The third-order valence-electron chi connectivity index (χ3n) is 3.67. The summed E-state index contributed by atoms with van der Waals surface area (Å²) >= 11 is 2.07. The van der Waals surface area contributed by atoms with E-state index in [9.17, 15) is 0 Å². The number of rotatable bonds is 5. The average molecular weight is 434 g/mol. The van der Waals surface area contributed by atoms with E-state index >= 15 is 0 Å². The smallest absolute Gasteiger partial charge is 0.191 e. The molecule has 1 aromatic heterocycles. The third kappa shape index (κ3) is 6.32. The highest BCUT2D eigenvalue weighted by atomic mass is 127. The largest absolute Gasteiger partial charge is 0.357 e. The standard InChI is InChI=1S/C16H26N4S.HI/c1-4-17-15(20-12-16(3)8-5-9-21-16)19-11-14-7-6-13(2)18-10-14;/h6-7,10H,4-5,8-9,11-12H2,1-3H3,(H2,17,19,20);1H. The summed E-state index contributed by atoms with van der Waals surface area (Å²) in [5, 5.41) is 6.80. The van der Waals surface area contributed by atoms with Crippen molar-refractivity contribution in [2.75, 3.05) is 18.8 Å². The van der Waals surface area contributed by atoms with E-state index in [-0.39, 0.29) is 24.0 Å². The van der Waals surface area contributed by atoms with Gasteiger partial charge in [-0.25, -0.2) is 4.99 Å². The number of hydrogen-bond acceptors (Lipinski definition) is 3. The van der Waals surface area contributed by atoms with E-state index in [1.807, 2.05) is 19.2 Å². The Morgan fingerprint density at radius 1 is 1.41 bits per heavy atom. The molecule has 2 rings (SSSR count). The molecule has 22 heavy (non-hydrogen) atoms. The van der Waals surface area contributed by atoms with Gasteiger partial charge >= 0.3 is 0 Å². The van der Waals surface area contributed by atoms with Crippen LogP contribution in [0.2, 0.25) is 0 Å². The van der Waals surface area contributed by atoms with Crippen LogP contribution in [0.15, 0.2) is 23.3 Å². The first-order chi connectivity index (χ1) is 10.1. The molecule has 0 aromatic carbocycles. The van der Waals surface area contributed by atoms with Crippen LogP contribution >= 0.6 is 35.7 Å². The molecule has 2 heterocycles. The van der Waals surface area contributed by atoms with Crippen LogP contribution in [0.1, 0.15) is 37.9 Å². The Balaban J connectivity index is 0.00000242. The number of aliphatic imine (C=N–C) groups is 1. The number of aryl methyl sites for hydroxylation is 1. The zero-order chi connectivity index (χ0) is 15.1. The number of hydrogen-bond donors (Lipinski definition) is 2. The van der Waals surface area contributed by atoms with Gasteiger partial charge in [-0.2, -0.15) is 11.8 Å². The molecule has 4 nitrogen and oxygen atoms in total. The van der Waals surface area contributed by atoms with Crippen LogP contribution in [-0.2, 0) is 6.54 Å². The molecule has 1 unspecified atom stereocenters. The van der Waals surface area contributed by atoms with E-state index in [0.717, 1.165) is 30.3 Å². The summed E-state index contributed by atoms with van der Waals surface area (Å²) in [7, 11) is 0. The lowest BCUT2D eigenvalue weighted by Crippen LogP contribution is -2.43. The van der Waals surface area contributed by atoms with Crippen LogP contribution in [-0.4, -0.2) is 34.5 Å². The maximum atomic E-state index is 4.65. The van der Waals surface area contributed by atoms with Gasteiger partial charge in [0.25, 0.3) is 0 Å². The minimum Gasteiger partial charge on any atom is -0.357 e.